The third-order valence-electron chi connectivity index (χ3n) is 6.54. The maximum absolute atomic E-state index is 14.0. The first kappa shape index (κ1) is 26.8. The molecular formula is C29H32N2O7. The highest BCUT2D eigenvalue weighted by Gasteiger charge is 2.38. The minimum atomic E-state index is -1.13. The quantitative estimate of drug-likeness (QED) is 0.378. The lowest BCUT2D eigenvalue weighted by atomic mass is 10.00. The molecule has 1 saturated carbocycles. The SMILES string of the molecule is CCOC(=O)c1ccc(N(C(=O)c2ccco2)C(C(=O)NC2CCCC2)c2cccc(OC)c2OC)cc1. The topological polar surface area (TPSA) is 107 Å². The molecule has 0 bridgehead atoms. The van der Waals surface area contributed by atoms with Gasteiger partial charge < -0.3 is 23.9 Å². The molecule has 4 rings (SSSR count). The van der Waals surface area contributed by atoms with E-state index in [9.17, 15) is 14.4 Å². The van der Waals surface area contributed by atoms with Gasteiger partial charge in [0.05, 0.1) is 32.7 Å². The average Bonchev–Trinajstić information content (AvgIpc) is 3.66. The Morgan fingerprint density at radius 1 is 1.00 bits per heavy atom. The zero-order valence-electron chi connectivity index (χ0n) is 21.8. The molecule has 1 aliphatic rings. The number of carbonyl (C=O) groups excluding carboxylic acids is 3. The van der Waals surface area contributed by atoms with Crippen molar-refractivity contribution in [2.45, 2.75) is 44.7 Å². The predicted octanol–water partition coefficient (Wildman–Crippen LogP) is 4.92. The second-order valence-electron chi connectivity index (χ2n) is 8.90. The summed E-state index contributed by atoms with van der Waals surface area (Å²) in [5.74, 6) is -0.560. The van der Waals surface area contributed by atoms with Crippen molar-refractivity contribution in [3.05, 3.63) is 77.7 Å². The number of hydrogen-bond acceptors (Lipinski definition) is 7. The highest BCUT2D eigenvalue weighted by Crippen LogP contribution is 2.40. The number of amides is 2. The van der Waals surface area contributed by atoms with Gasteiger partial charge in [0.1, 0.15) is 6.04 Å². The zero-order chi connectivity index (χ0) is 27.1. The molecule has 1 fully saturated rings. The van der Waals surface area contributed by atoms with Crippen LogP contribution in [0.4, 0.5) is 5.69 Å². The summed E-state index contributed by atoms with van der Waals surface area (Å²) in [6.45, 7) is 1.97. The number of benzene rings is 2. The van der Waals surface area contributed by atoms with E-state index in [0.29, 0.717) is 28.3 Å². The number of carbonyl (C=O) groups is 3. The molecule has 1 atom stereocenters. The molecule has 1 N–H and O–H groups in total. The molecule has 2 amide bonds. The van der Waals surface area contributed by atoms with E-state index in [1.54, 1.807) is 55.5 Å². The number of esters is 1. The summed E-state index contributed by atoms with van der Waals surface area (Å²) in [5, 5.41) is 3.13. The minimum Gasteiger partial charge on any atom is -0.493 e. The summed E-state index contributed by atoms with van der Waals surface area (Å²) < 4.78 is 21.7. The van der Waals surface area contributed by atoms with E-state index in [2.05, 4.69) is 5.32 Å². The van der Waals surface area contributed by atoms with Crippen LogP contribution in [0.25, 0.3) is 0 Å². The number of para-hydroxylation sites is 1. The van der Waals surface area contributed by atoms with Crippen molar-refractivity contribution < 1.29 is 33.0 Å². The van der Waals surface area contributed by atoms with Crippen LogP contribution in [-0.2, 0) is 9.53 Å². The van der Waals surface area contributed by atoms with Gasteiger partial charge in [-0.25, -0.2) is 4.79 Å². The van der Waals surface area contributed by atoms with Crippen LogP contribution in [0.3, 0.4) is 0 Å². The Kier molecular flexibility index (Phi) is 8.68. The second-order valence-corrected chi connectivity index (χ2v) is 8.90. The van der Waals surface area contributed by atoms with Crippen LogP contribution < -0.4 is 19.7 Å². The van der Waals surface area contributed by atoms with Crippen LogP contribution in [-0.4, -0.2) is 44.7 Å². The normalized spacial score (nSPS) is 14.0. The number of anilines is 1. The largest absolute Gasteiger partial charge is 0.493 e. The molecule has 3 aromatic rings. The summed E-state index contributed by atoms with van der Waals surface area (Å²) in [7, 11) is 3.00. The molecule has 9 heteroatoms. The van der Waals surface area contributed by atoms with E-state index in [1.807, 2.05) is 0 Å². The van der Waals surface area contributed by atoms with Crippen LogP contribution in [0.5, 0.6) is 11.5 Å². The lowest BCUT2D eigenvalue weighted by Gasteiger charge is -2.32. The molecule has 200 valence electrons. The monoisotopic (exact) mass is 520 g/mol. The number of methoxy groups -OCH3 is 2. The Morgan fingerprint density at radius 2 is 1.74 bits per heavy atom. The van der Waals surface area contributed by atoms with Crippen molar-refractivity contribution in [1.29, 1.82) is 0 Å². The Hall–Kier alpha value is -4.27. The molecule has 1 heterocycles. The van der Waals surface area contributed by atoms with Gasteiger partial charge in [-0.2, -0.15) is 0 Å². The Morgan fingerprint density at radius 3 is 2.34 bits per heavy atom. The molecule has 1 unspecified atom stereocenters. The highest BCUT2D eigenvalue weighted by molar-refractivity contribution is 6.09. The summed E-state index contributed by atoms with van der Waals surface area (Å²) in [4.78, 5) is 41.5. The van der Waals surface area contributed by atoms with Gasteiger partial charge in [0, 0.05) is 17.3 Å². The van der Waals surface area contributed by atoms with Crippen LogP contribution in [0.2, 0.25) is 0 Å². The molecule has 9 nitrogen and oxygen atoms in total. The van der Waals surface area contributed by atoms with Crippen molar-refractivity contribution in [1.82, 2.24) is 5.32 Å². The third-order valence-corrected chi connectivity index (χ3v) is 6.54. The fourth-order valence-corrected chi connectivity index (χ4v) is 4.75. The molecule has 1 aliphatic carbocycles. The zero-order valence-corrected chi connectivity index (χ0v) is 21.8. The summed E-state index contributed by atoms with van der Waals surface area (Å²) in [5.41, 5.74) is 1.15. The summed E-state index contributed by atoms with van der Waals surface area (Å²) in [6.07, 6.45) is 5.20. The fourth-order valence-electron chi connectivity index (χ4n) is 4.75. The van der Waals surface area contributed by atoms with E-state index >= 15 is 0 Å². The van der Waals surface area contributed by atoms with Crippen molar-refractivity contribution in [2.75, 3.05) is 25.7 Å². The van der Waals surface area contributed by atoms with Gasteiger partial charge in [-0.1, -0.05) is 25.0 Å². The van der Waals surface area contributed by atoms with Crippen LogP contribution in [0.1, 0.15) is 65.1 Å². The third kappa shape index (κ3) is 5.66. The Labute approximate surface area is 221 Å². The van der Waals surface area contributed by atoms with Crippen LogP contribution in [0, 0.1) is 0 Å². The van der Waals surface area contributed by atoms with E-state index in [0.717, 1.165) is 25.7 Å². The van der Waals surface area contributed by atoms with E-state index in [-0.39, 0.29) is 24.3 Å². The minimum absolute atomic E-state index is 0.00774. The standard InChI is InChI=1S/C29H32N2O7/c1-4-37-29(34)19-14-16-21(17-15-19)31(28(33)24-13-8-18-38-24)25(27(32)30-20-9-5-6-10-20)22-11-7-12-23(35-2)26(22)36-3/h7-8,11-18,20,25H,4-6,9-10H2,1-3H3,(H,30,32). The van der Waals surface area contributed by atoms with Gasteiger partial charge in [-0.15, -0.1) is 0 Å². The van der Waals surface area contributed by atoms with Crippen molar-refractivity contribution >= 4 is 23.5 Å². The first-order valence-electron chi connectivity index (χ1n) is 12.6. The lowest BCUT2D eigenvalue weighted by molar-refractivity contribution is -0.123. The number of hydrogen-bond donors (Lipinski definition) is 1. The van der Waals surface area contributed by atoms with Gasteiger partial charge in [-0.05, 0) is 62.2 Å². The van der Waals surface area contributed by atoms with Crippen molar-refractivity contribution in [2.24, 2.45) is 0 Å². The van der Waals surface area contributed by atoms with Crippen LogP contribution >= 0.6 is 0 Å². The fraction of sp³-hybridized carbons (Fsp3) is 0.345. The molecule has 1 aromatic heterocycles. The van der Waals surface area contributed by atoms with Crippen LogP contribution in [0.15, 0.2) is 65.3 Å². The predicted molar refractivity (Wildman–Crippen MR) is 141 cm³/mol. The number of rotatable bonds is 10. The van der Waals surface area contributed by atoms with Crippen molar-refractivity contribution in [3.63, 3.8) is 0 Å². The number of nitrogens with zero attached hydrogens (tertiary/aromatic N) is 1. The molecule has 2 aromatic carbocycles. The van der Waals surface area contributed by atoms with Gasteiger partial charge in [0.2, 0.25) is 5.91 Å². The lowest BCUT2D eigenvalue weighted by Crippen LogP contribution is -2.46. The van der Waals surface area contributed by atoms with E-state index in [4.69, 9.17) is 18.6 Å². The summed E-state index contributed by atoms with van der Waals surface area (Å²) >= 11 is 0. The Balaban J connectivity index is 1.86. The second kappa shape index (κ2) is 12.3. The van der Waals surface area contributed by atoms with Gasteiger partial charge in [0.25, 0.3) is 5.91 Å². The number of ether oxygens (including phenoxy) is 3. The average molecular weight is 521 g/mol. The maximum Gasteiger partial charge on any atom is 0.338 e. The maximum atomic E-state index is 14.0. The highest BCUT2D eigenvalue weighted by atomic mass is 16.5. The van der Waals surface area contributed by atoms with E-state index < -0.39 is 17.9 Å². The molecule has 0 saturated heterocycles. The number of furan rings is 1. The molecular weight excluding hydrogens is 488 g/mol. The van der Waals surface area contributed by atoms with Crippen molar-refractivity contribution in [3.8, 4) is 11.5 Å². The summed E-state index contributed by atoms with van der Waals surface area (Å²) in [6, 6.07) is 13.6. The smallest absolute Gasteiger partial charge is 0.338 e. The van der Waals surface area contributed by atoms with Gasteiger partial charge >= 0.3 is 5.97 Å². The molecule has 0 radical (unpaired) electrons. The first-order chi connectivity index (χ1) is 18.5. The molecule has 0 aliphatic heterocycles. The number of nitrogens with one attached hydrogen (secondary N) is 1. The molecule has 0 spiro atoms. The van der Waals surface area contributed by atoms with Gasteiger partial charge in [-0.3, -0.25) is 14.5 Å². The van der Waals surface area contributed by atoms with Gasteiger partial charge in [0.15, 0.2) is 17.3 Å². The first-order valence-corrected chi connectivity index (χ1v) is 12.6. The van der Waals surface area contributed by atoms with E-state index in [1.165, 1.54) is 31.4 Å². The Bertz CT molecular complexity index is 1250. The molecule has 38 heavy (non-hydrogen) atoms.